The Balaban J connectivity index is 0.000000681. The molecular weight excluding hydrogens is 587 g/mol. The van der Waals surface area contributed by atoms with Gasteiger partial charge in [0, 0.05) is 20.9 Å². The lowest BCUT2D eigenvalue weighted by molar-refractivity contribution is -2.00. The Morgan fingerprint density at radius 1 is 0.600 bits per heavy atom. The third-order valence-electron chi connectivity index (χ3n) is 5.48. The van der Waals surface area contributed by atoms with Crippen LogP contribution in [0.1, 0.15) is 15.9 Å². The summed E-state index contributed by atoms with van der Waals surface area (Å²) in [4.78, 5) is 18.6. The summed E-state index contributed by atoms with van der Waals surface area (Å²) >= 11 is 8.18. The van der Waals surface area contributed by atoms with E-state index in [-0.39, 0.29) is 16.7 Å². The molecule has 0 saturated heterocycles. The van der Waals surface area contributed by atoms with E-state index in [1.54, 1.807) is 17.8 Å². The van der Waals surface area contributed by atoms with E-state index in [9.17, 15) is 4.79 Å². The SMILES string of the molecule is O=C(c1ccccc1)c1ccc(Sc2ccc([S+](c3ccccc3)c3ccccc3)cc2)c(Cl)c1.[O-][Cl+3]([O-])([O-])[O-]. The van der Waals surface area contributed by atoms with Crippen LogP contribution in [0.5, 0.6) is 0 Å². The van der Waals surface area contributed by atoms with Crippen molar-refractivity contribution in [1.82, 2.24) is 0 Å². The van der Waals surface area contributed by atoms with E-state index >= 15 is 0 Å². The monoisotopic (exact) mass is 608 g/mol. The van der Waals surface area contributed by atoms with Crippen LogP contribution in [0.2, 0.25) is 5.02 Å². The van der Waals surface area contributed by atoms with Crippen molar-refractivity contribution in [3.05, 3.63) is 150 Å². The second kappa shape index (κ2) is 14.0. The van der Waals surface area contributed by atoms with Gasteiger partial charge in [-0.25, -0.2) is 18.6 Å². The average Bonchev–Trinajstić information content (AvgIpc) is 2.95. The van der Waals surface area contributed by atoms with Crippen molar-refractivity contribution in [3.8, 4) is 0 Å². The van der Waals surface area contributed by atoms with Gasteiger partial charge >= 0.3 is 0 Å². The van der Waals surface area contributed by atoms with Gasteiger partial charge in [-0.15, -0.1) is 10.2 Å². The van der Waals surface area contributed by atoms with Crippen LogP contribution in [0.25, 0.3) is 0 Å². The molecule has 9 heteroatoms. The fraction of sp³-hybridized carbons (Fsp3) is 0. The van der Waals surface area contributed by atoms with Gasteiger partial charge in [-0.3, -0.25) is 4.79 Å². The summed E-state index contributed by atoms with van der Waals surface area (Å²) in [6.45, 7) is 0. The van der Waals surface area contributed by atoms with E-state index < -0.39 is 10.2 Å². The zero-order chi connectivity index (χ0) is 28.5. The van der Waals surface area contributed by atoms with Gasteiger partial charge in [0.1, 0.15) is 0 Å². The molecule has 5 nitrogen and oxygen atoms in total. The molecule has 5 rings (SSSR count). The fourth-order valence-corrected chi connectivity index (χ4v) is 6.97. The van der Waals surface area contributed by atoms with E-state index in [1.807, 2.05) is 42.5 Å². The van der Waals surface area contributed by atoms with Crippen LogP contribution in [0.4, 0.5) is 0 Å². The minimum absolute atomic E-state index is 0.0257. The molecule has 5 aromatic carbocycles. The maximum Gasteiger partial charge on any atom is 0.193 e. The lowest BCUT2D eigenvalue weighted by atomic mass is 10.0. The zero-order valence-electron chi connectivity index (χ0n) is 20.8. The average molecular weight is 610 g/mol. The van der Waals surface area contributed by atoms with Gasteiger partial charge in [0.2, 0.25) is 0 Å². The number of carbonyl (C=O) groups excluding carboxylic acids is 1. The molecule has 0 fully saturated rings. The third-order valence-corrected chi connectivity index (χ3v) is 9.21. The number of ketones is 1. The molecule has 5 aromatic rings. The summed E-state index contributed by atoms with van der Waals surface area (Å²) in [5.41, 5.74) is 1.25. The second-order valence-electron chi connectivity index (χ2n) is 8.22. The third kappa shape index (κ3) is 8.69. The topological polar surface area (TPSA) is 109 Å². The molecule has 0 saturated carbocycles. The Hall–Kier alpha value is -3.11. The lowest BCUT2D eigenvalue weighted by Crippen LogP contribution is -2.68. The van der Waals surface area contributed by atoms with Crippen molar-refractivity contribution < 1.29 is 33.7 Å². The Kier molecular flexibility index (Phi) is 10.4. The molecule has 0 radical (unpaired) electrons. The molecule has 0 heterocycles. The molecule has 0 spiro atoms. The van der Waals surface area contributed by atoms with E-state index in [2.05, 4.69) is 84.9 Å². The van der Waals surface area contributed by atoms with Crippen molar-refractivity contribution in [2.75, 3.05) is 0 Å². The van der Waals surface area contributed by atoms with E-state index in [4.69, 9.17) is 30.2 Å². The fourth-order valence-electron chi connectivity index (χ4n) is 3.77. The van der Waals surface area contributed by atoms with Crippen molar-refractivity contribution in [2.45, 2.75) is 24.5 Å². The van der Waals surface area contributed by atoms with Gasteiger partial charge in [0.25, 0.3) is 0 Å². The smallest absolute Gasteiger partial charge is 0.193 e. The Labute approximate surface area is 246 Å². The van der Waals surface area contributed by atoms with E-state index in [0.717, 1.165) is 9.79 Å². The second-order valence-corrected chi connectivity index (χ2v) is 12.5. The van der Waals surface area contributed by atoms with Gasteiger partial charge < -0.3 is 0 Å². The Morgan fingerprint density at radius 2 is 1.05 bits per heavy atom. The summed E-state index contributed by atoms with van der Waals surface area (Å²) in [6.07, 6.45) is 0. The predicted octanol–water partition coefficient (Wildman–Crippen LogP) is 4.06. The number of halogens is 2. The standard InChI is InChI=1S/C31H22ClOS2.ClHO4/c32-29-22-24(31(33)23-10-4-1-5-11-23)16-21-30(29)34-25-17-19-28(20-18-25)35(26-12-6-2-7-13-26)27-14-8-3-9-15-27;2-1(3,4)5/h1-22H;(H,2,3,4,5)/q+1;/p-1. The first-order valence-corrected chi connectivity index (χ1v) is 15.5. The number of hydrogen-bond acceptors (Lipinski definition) is 6. The molecule has 0 amide bonds. The highest BCUT2D eigenvalue weighted by Gasteiger charge is 2.28. The zero-order valence-corrected chi connectivity index (χ0v) is 24.0. The molecule has 202 valence electrons. The normalized spacial score (nSPS) is 11.1. The van der Waals surface area contributed by atoms with Crippen molar-refractivity contribution in [1.29, 1.82) is 0 Å². The summed E-state index contributed by atoms with van der Waals surface area (Å²) in [7, 11) is -5.12. The maximum absolute atomic E-state index is 12.7. The molecule has 0 aliphatic rings. The first-order chi connectivity index (χ1) is 19.2. The maximum atomic E-state index is 12.7. The minimum atomic E-state index is -4.94. The highest BCUT2D eigenvalue weighted by Crippen LogP contribution is 2.36. The van der Waals surface area contributed by atoms with Gasteiger partial charge in [0.15, 0.2) is 20.5 Å². The number of hydrogen-bond donors (Lipinski definition) is 0. The first kappa shape index (κ1) is 29.9. The summed E-state index contributed by atoms with van der Waals surface area (Å²) in [5.74, 6) is -0.0257. The summed E-state index contributed by atoms with van der Waals surface area (Å²) in [6, 6.07) is 44.7. The van der Waals surface area contributed by atoms with Gasteiger partial charge in [0.05, 0.1) is 15.9 Å². The molecular formula is C31H22Cl2O5S2. The molecule has 0 aromatic heterocycles. The minimum Gasteiger partial charge on any atom is -0.289 e. The number of benzene rings is 5. The van der Waals surface area contributed by atoms with Crippen molar-refractivity contribution in [2.24, 2.45) is 0 Å². The summed E-state index contributed by atoms with van der Waals surface area (Å²) < 4.78 is 34.0. The first-order valence-electron chi connectivity index (χ1n) is 11.8. The van der Waals surface area contributed by atoms with Crippen LogP contribution in [-0.4, -0.2) is 5.78 Å². The summed E-state index contributed by atoms with van der Waals surface area (Å²) in [5, 5.41) is 0.578. The lowest BCUT2D eigenvalue weighted by Gasteiger charge is -2.17. The predicted molar refractivity (Wildman–Crippen MR) is 147 cm³/mol. The van der Waals surface area contributed by atoms with Crippen molar-refractivity contribution in [3.63, 3.8) is 0 Å². The Morgan fingerprint density at radius 3 is 1.52 bits per heavy atom. The molecule has 0 aliphatic heterocycles. The quantitative estimate of drug-likeness (QED) is 0.203. The van der Waals surface area contributed by atoms with Crippen LogP contribution in [-0.2, 0) is 10.9 Å². The van der Waals surface area contributed by atoms with Crippen LogP contribution >= 0.6 is 23.4 Å². The molecule has 0 atom stereocenters. The highest BCUT2D eigenvalue weighted by molar-refractivity contribution is 7.99. The molecule has 0 N–H and O–H groups in total. The highest BCUT2D eigenvalue weighted by atomic mass is 35.7. The number of carbonyl (C=O) groups is 1. The molecule has 0 aliphatic carbocycles. The van der Waals surface area contributed by atoms with E-state index in [1.165, 1.54) is 14.7 Å². The molecule has 40 heavy (non-hydrogen) atoms. The van der Waals surface area contributed by atoms with Gasteiger partial charge in [-0.05, 0) is 66.7 Å². The molecule has 0 unspecified atom stereocenters. The largest absolute Gasteiger partial charge is 0.289 e. The van der Waals surface area contributed by atoms with Crippen LogP contribution < -0.4 is 18.6 Å². The van der Waals surface area contributed by atoms with Crippen LogP contribution in [0.3, 0.4) is 0 Å². The molecule has 0 bridgehead atoms. The van der Waals surface area contributed by atoms with Gasteiger partial charge in [-0.2, -0.15) is 0 Å². The number of rotatable bonds is 7. The van der Waals surface area contributed by atoms with E-state index in [0.29, 0.717) is 16.1 Å². The van der Waals surface area contributed by atoms with Gasteiger partial charge in [-0.1, -0.05) is 90.1 Å². The Bertz CT molecular complexity index is 1480. The van der Waals surface area contributed by atoms with Crippen LogP contribution in [0, 0.1) is 10.2 Å². The van der Waals surface area contributed by atoms with Crippen LogP contribution in [0.15, 0.2) is 158 Å². The van der Waals surface area contributed by atoms with Crippen molar-refractivity contribution >= 4 is 40.0 Å².